The number of hydrogen-bond donors (Lipinski definition) is 2. The van der Waals surface area contributed by atoms with Crippen LogP contribution >= 0.6 is 23.2 Å². The van der Waals surface area contributed by atoms with Crippen LogP contribution in [0.4, 0.5) is 4.79 Å². The van der Waals surface area contributed by atoms with Gasteiger partial charge in [-0.15, -0.1) is 0 Å². The fraction of sp³-hybridized carbons (Fsp3) is 0.111. The van der Waals surface area contributed by atoms with Crippen molar-refractivity contribution in [3.8, 4) is 0 Å². The minimum Gasteiger partial charge on any atom is -0.340 e. The standard InChI is InChI=1S/C9H9Cl2N3O/c1-12-9(15)14-13-5-6-2-3-7(10)4-8(6)11/h2-5H,1H3,(H2,12,14,15)/b13-5+. The molecule has 0 bridgehead atoms. The van der Waals surface area contributed by atoms with E-state index < -0.39 is 6.03 Å². The highest BCUT2D eigenvalue weighted by atomic mass is 35.5. The van der Waals surface area contributed by atoms with E-state index in [9.17, 15) is 4.79 Å². The average Bonchev–Trinajstić information content (AvgIpc) is 2.21. The maximum absolute atomic E-state index is 10.8. The number of benzene rings is 1. The lowest BCUT2D eigenvalue weighted by Gasteiger charge is -1.99. The van der Waals surface area contributed by atoms with Crippen molar-refractivity contribution in [3.63, 3.8) is 0 Å². The van der Waals surface area contributed by atoms with Crippen molar-refractivity contribution in [2.75, 3.05) is 7.05 Å². The van der Waals surface area contributed by atoms with Crippen LogP contribution in [0.25, 0.3) is 0 Å². The Balaban J connectivity index is 2.68. The van der Waals surface area contributed by atoms with Gasteiger partial charge in [-0.2, -0.15) is 5.10 Å². The van der Waals surface area contributed by atoms with Crippen LogP contribution in [-0.2, 0) is 0 Å². The van der Waals surface area contributed by atoms with Gasteiger partial charge >= 0.3 is 6.03 Å². The molecule has 0 atom stereocenters. The molecule has 1 aromatic rings. The molecule has 0 fully saturated rings. The summed E-state index contributed by atoms with van der Waals surface area (Å²) in [5.74, 6) is 0. The summed E-state index contributed by atoms with van der Waals surface area (Å²) in [4.78, 5) is 10.8. The zero-order valence-electron chi connectivity index (χ0n) is 7.92. The number of hydrogen-bond acceptors (Lipinski definition) is 2. The molecule has 0 aliphatic rings. The first-order valence-electron chi connectivity index (χ1n) is 4.09. The average molecular weight is 246 g/mol. The lowest BCUT2D eigenvalue weighted by molar-refractivity contribution is 0.243. The van der Waals surface area contributed by atoms with Gasteiger partial charge in [0, 0.05) is 17.6 Å². The van der Waals surface area contributed by atoms with E-state index in [0.29, 0.717) is 15.6 Å². The lowest BCUT2D eigenvalue weighted by atomic mass is 10.2. The van der Waals surface area contributed by atoms with Crippen LogP contribution < -0.4 is 10.7 Å². The van der Waals surface area contributed by atoms with Crippen LogP contribution in [-0.4, -0.2) is 19.3 Å². The fourth-order valence-corrected chi connectivity index (χ4v) is 1.28. The second-order valence-electron chi connectivity index (χ2n) is 2.61. The van der Waals surface area contributed by atoms with Crippen molar-refractivity contribution >= 4 is 35.4 Å². The van der Waals surface area contributed by atoms with Gasteiger partial charge in [0.05, 0.1) is 11.2 Å². The first-order valence-corrected chi connectivity index (χ1v) is 4.85. The first kappa shape index (κ1) is 11.8. The Kier molecular flexibility index (Phi) is 4.39. The van der Waals surface area contributed by atoms with Crippen LogP contribution in [0.5, 0.6) is 0 Å². The normalized spacial score (nSPS) is 10.3. The zero-order chi connectivity index (χ0) is 11.3. The molecule has 0 saturated heterocycles. The third-order valence-electron chi connectivity index (χ3n) is 1.56. The van der Waals surface area contributed by atoms with Gasteiger partial charge in [-0.1, -0.05) is 29.3 Å². The van der Waals surface area contributed by atoms with E-state index in [1.54, 1.807) is 18.2 Å². The third kappa shape index (κ3) is 3.77. The molecule has 0 saturated carbocycles. The molecule has 2 N–H and O–H groups in total. The van der Waals surface area contributed by atoms with Crippen molar-refractivity contribution in [2.45, 2.75) is 0 Å². The highest BCUT2D eigenvalue weighted by molar-refractivity contribution is 6.36. The van der Waals surface area contributed by atoms with Gasteiger partial charge in [0.15, 0.2) is 0 Å². The summed E-state index contributed by atoms with van der Waals surface area (Å²) in [6, 6.07) is 4.61. The predicted molar refractivity (Wildman–Crippen MR) is 61.6 cm³/mol. The van der Waals surface area contributed by atoms with Crippen LogP contribution in [0, 0.1) is 0 Å². The van der Waals surface area contributed by atoms with Crippen molar-refractivity contribution in [3.05, 3.63) is 33.8 Å². The lowest BCUT2D eigenvalue weighted by Crippen LogP contribution is -2.28. The fourth-order valence-electron chi connectivity index (χ4n) is 0.823. The molecule has 1 aromatic carbocycles. The van der Waals surface area contributed by atoms with Gasteiger partial charge in [-0.3, -0.25) is 0 Å². The molecular weight excluding hydrogens is 237 g/mol. The van der Waals surface area contributed by atoms with Gasteiger partial charge in [0.2, 0.25) is 0 Å². The van der Waals surface area contributed by atoms with Gasteiger partial charge in [-0.05, 0) is 12.1 Å². The number of urea groups is 1. The number of nitrogens with zero attached hydrogens (tertiary/aromatic N) is 1. The number of carbonyl (C=O) groups excluding carboxylic acids is 1. The molecule has 0 unspecified atom stereocenters. The van der Waals surface area contributed by atoms with Gasteiger partial charge in [0.1, 0.15) is 0 Å². The molecule has 6 heteroatoms. The van der Waals surface area contributed by atoms with E-state index in [2.05, 4.69) is 15.8 Å². The second-order valence-corrected chi connectivity index (χ2v) is 3.46. The zero-order valence-corrected chi connectivity index (χ0v) is 9.43. The maximum Gasteiger partial charge on any atom is 0.334 e. The van der Waals surface area contributed by atoms with Crippen LogP contribution in [0.15, 0.2) is 23.3 Å². The SMILES string of the molecule is CNC(=O)N/N=C/c1ccc(Cl)cc1Cl. The monoisotopic (exact) mass is 245 g/mol. The number of amides is 2. The minimum absolute atomic E-state index is 0.392. The molecule has 80 valence electrons. The van der Waals surface area contributed by atoms with Gasteiger partial charge in [-0.25, -0.2) is 10.2 Å². The summed E-state index contributed by atoms with van der Waals surface area (Å²) in [5.41, 5.74) is 2.93. The van der Waals surface area contributed by atoms with Crippen molar-refractivity contribution < 1.29 is 4.79 Å². The predicted octanol–water partition coefficient (Wildman–Crippen LogP) is 2.26. The number of nitrogens with one attached hydrogen (secondary N) is 2. The Morgan fingerprint density at radius 3 is 2.80 bits per heavy atom. The minimum atomic E-state index is -0.392. The van der Waals surface area contributed by atoms with Crippen molar-refractivity contribution in [1.82, 2.24) is 10.7 Å². The van der Waals surface area contributed by atoms with Crippen LogP contribution in [0.2, 0.25) is 10.0 Å². The van der Waals surface area contributed by atoms with Crippen LogP contribution in [0.1, 0.15) is 5.56 Å². The van der Waals surface area contributed by atoms with E-state index in [1.165, 1.54) is 13.3 Å². The molecule has 0 heterocycles. The molecule has 15 heavy (non-hydrogen) atoms. The Hall–Kier alpha value is -1.26. The quantitative estimate of drug-likeness (QED) is 0.610. The largest absolute Gasteiger partial charge is 0.340 e. The van der Waals surface area contributed by atoms with Gasteiger partial charge < -0.3 is 5.32 Å². The summed E-state index contributed by atoms with van der Waals surface area (Å²) >= 11 is 11.6. The summed E-state index contributed by atoms with van der Waals surface area (Å²) in [7, 11) is 1.50. The van der Waals surface area contributed by atoms with Gasteiger partial charge in [0.25, 0.3) is 0 Å². The molecule has 0 aromatic heterocycles. The molecule has 4 nitrogen and oxygen atoms in total. The Morgan fingerprint density at radius 1 is 1.47 bits per heavy atom. The topological polar surface area (TPSA) is 53.5 Å². The highest BCUT2D eigenvalue weighted by Crippen LogP contribution is 2.19. The maximum atomic E-state index is 10.8. The Labute approximate surface area is 97.3 Å². The third-order valence-corrected chi connectivity index (χ3v) is 2.12. The molecular formula is C9H9Cl2N3O. The summed E-state index contributed by atoms with van der Waals surface area (Å²) < 4.78 is 0. The molecule has 2 amide bonds. The van der Waals surface area contributed by atoms with Crippen molar-refractivity contribution in [2.24, 2.45) is 5.10 Å². The summed E-state index contributed by atoms with van der Waals surface area (Å²) in [6.45, 7) is 0. The smallest absolute Gasteiger partial charge is 0.334 e. The molecule has 0 radical (unpaired) electrons. The Morgan fingerprint density at radius 2 is 2.20 bits per heavy atom. The number of carbonyl (C=O) groups is 1. The van der Waals surface area contributed by atoms with E-state index in [4.69, 9.17) is 23.2 Å². The van der Waals surface area contributed by atoms with E-state index in [-0.39, 0.29) is 0 Å². The number of halogens is 2. The molecule has 0 aliphatic carbocycles. The number of rotatable bonds is 2. The van der Waals surface area contributed by atoms with E-state index >= 15 is 0 Å². The summed E-state index contributed by atoms with van der Waals surface area (Å²) in [6.07, 6.45) is 1.44. The molecule has 0 aliphatic heterocycles. The highest BCUT2D eigenvalue weighted by Gasteiger charge is 1.98. The molecule has 0 spiro atoms. The van der Waals surface area contributed by atoms with Crippen LogP contribution in [0.3, 0.4) is 0 Å². The summed E-state index contributed by atoms with van der Waals surface area (Å²) in [5, 5.41) is 7.07. The van der Waals surface area contributed by atoms with E-state index in [1.807, 2.05) is 0 Å². The Bertz CT molecular complexity index is 393. The number of hydrazone groups is 1. The molecule has 1 rings (SSSR count). The second kappa shape index (κ2) is 5.58. The van der Waals surface area contributed by atoms with Crippen molar-refractivity contribution in [1.29, 1.82) is 0 Å². The van der Waals surface area contributed by atoms with E-state index in [0.717, 1.165) is 0 Å². The first-order chi connectivity index (χ1) is 7.13.